The number of anilines is 3. The number of hydrogen-bond donors (Lipinski definition) is 1. The zero-order valence-electron chi connectivity index (χ0n) is 11.2. The fourth-order valence-corrected chi connectivity index (χ4v) is 1.98. The number of nitrogens with two attached hydrogens (primary N) is 1. The fraction of sp³-hybridized carbons (Fsp3) is 0.133. The maximum Gasteiger partial charge on any atom is 0.149 e. The van der Waals surface area contributed by atoms with Crippen molar-refractivity contribution in [2.45, 2.75) is 0 Å². The molecule has 0 spiro atoms. The van der Waals surface area contributed by atoms with Crippen LogP contribution in [0.25, 0.3) is 0 Å². The van der Waals surface area contributed by atoms with Crippen LogP contribution in [0.3, 0.4) is 0 Å². The normalized spacial score (nSPS) is 9.90. The highest BCUT2D eigenvalue weighted by atomic mass is 19.1. The Morgan fingerprint density at radius 3 is 2.60 bits per heavy atom. The Hall–Kier alpha value is -2.74. The molecule has 0 heterocycles. The maximum absolute atomic E-state index is 14.1. The van der Waals surface area contributed by atoms with E-state index in [0.717, 1.165) is 0 Å². The minimum Gasteiger partial charge on any atom is -0.495 e. The number of halogens is 1. The second-order valence-corrected chi connectivity index (χ2v) is 4.23. The fourth-order valence-electron chi connectivity index (χ4n) is 1.98. The first-order chi connectivity index (χ1) is 9.58. The van der Waals surface area contributed by atoms with Crippen molar-refractivity contribution in [3.8, 4) is 11.8 Å². The van der Waals surface area contributed by atoms with Gasteiger partial charge in [0.1, 0.15) is 17.6 Å². The van der Waals surface area contributed by atoms with E-state index in [1.807, 2.05) is 0 Å². The molecule has 0 fully saturated rings. The molecule has 2 aromatic rings. The lowest BCUT2D eigenvalue weighted by atomic mass is 10.1. The van der Waals surface area contributed by atoms with Gasteiger partial charge in [-0.15, -0.1) is 0 Å². The van der Waals surface area contributed by atoms with Crippen LogP contribution < -0.4 is 15.4 Å². The number of hydrogen-bond acceptors (Lipinski definition) is 4. The maximum atomic E-state index is 14.1. The Kier molecular flexibility index (Phi) is 3.76. The van der Waals surface area contributed by atoms with Crippen molar-refractivity contribution in [2.75, 3.05) is 24.8 Å². The average Bonchev–Trinajstić information content (AvgIpc) is 2.46. The van der Waals surface area contributed by atoms with E-state index in [1.165, 1.54) is 19.2 Å². The van der Waals surface area contributed by atoms with E-state index in [2.05, 4.69) is 6.07 Å². The van der Waals surface area contributed by atoms with E-state index in [-0.39, 0.29) is 5.69 Å². The molecule has 2 rings (SSSR count). The van der Waals surface area contributed by atoms with Crippen LogP contribution in [0.4, 0.5) is 21.5 Å². The first kappa shape index (κ1) is 13.7. The summed E-state index contributed by atoms with van der Waals surface area (Å²) in [5.41, 5.74) is 7.26. The molecular weight excluding hydrogens is 257 g/mol. The zero-order chi connectivity index (χ0) is 14.7. The number of nitrogen functional groups attached to an aromatic ring is 1. The molecule has 2 N–H and O–H groups in total. The smallest absolute Gasteiger partial charge is 0.149 e. The molecule has 0 saturated carbocycles. The second-order valence-electron chi connectivity index (χ2n) is 4.23. The molecule has 0 amide bonds. The van der Waals surface area contributed by atoms with Gasteiger partial charge in [0.2, 0.25) is 0 Å². The van der Waals surface area contributed by atoms with Gasteiger partial charge >= 0.3 is 0 Å². The lowest BCUT2D eigenvalue weighted by Gasteiger charge is -2.22. The van der Waals surface area contributed by atoms with E-state index in [9.17, 15) is 4.39 Å². The van der Waals surface area contributed by atoms with Gasteiger partial charge in [-0.25, -0.2) is 4.39 Å². The molecule has 4 nitrogen and oxygen atoms in total. The Morgan fingerprint density at radius 1 is 1.25 bits per heavy atom. The van der Waals surface area contributed by atoms with Crippen LogP contribution in [0, 0.1) is 17.1 Å². The summed E-state index contributed by atoms with van der Waals surface area (Å²) in [6.45, 7) is 0. The van der Waals surface area contributed by atoms with Crippen LogP contribution in [-0.2, 0) is 0 Å². The summed E-state index contributed by atoms with van der Waals surface area (Å²) < 4.78 is 19.2. The molecule has 0 aliphatic rings. The Morgan fingerprint density at radius 2 is 1.95 bits per heavy atom. The average molecular weight is 271 g/mol. The van der Waals surface area contributed by atoms with E-state index < -0.39 is 5.82 Å². The van der Waals surface area contributed by atoms with Gasteiger partial charge in [0, 0.05) is 19.2 Å². The van der Waals surface area contributed by atoms with Crippen LogP contribution in [0.2, 0.25) is 0 Å². The summed E-state index contributed by atoms with van der Waals surface area (Å²) in [6, 6.07) is 11.8. The molecule has 0 bridgehead atoms. The van der Waals surface area contributed by atoms with Crippen LogP contribution >= 0.6 is 0 Å². The molecule has 5 heteroatoms. The molecule has 2 aromatic carbocycles. The Balaban J connectivity index is 2.54. The molecule has 0 unspecified atom stereocenters. The van der Waals surface area contributed by atoms with Crippen LogP contribution in [0.5, 0.6) is 5.75 Å². The standard InChI is InChI=1S/C15H14FN3O/c1-19(13-6-4-3-5-10(13)9-17)14-8-15(20-2)12(18)7-11(14)16/h3-8H,18H2,1-2H3. The lowest BCUT2D eigenvalue weighted by molar-refractivity contribution is 0.416. The number of methoxy groups -OCH3 is 1. The van der Waals surface area contributed by atoms with Crippen LogP contribution in [0.1, 0.15) is 5.56 Å². The third kappa shape index (κ3) is 2.36. The van der Waals surface area contributed by atoms with E-state index in [0.29, 0.717) is 22.7 Å². The highest BCUT2D eigenvalue weighted by molar-refractivity contribution is 5.72. The van der Waals surface area contributed by atoms with Gasteiger partial charge in [0.05, 0.1) is 29.7 Å². The van der Waals surface area contributed by atoms with Crippen LogP contribution in [0.15, 0.2) is 36.4 Å². The van der Waals surface area contributed by atoms with Gasteiger partial charge < -0.3 is 15.4 Å². The summed E-state index contributed by atoms with van der Waals surface area (Å²) in [6.07, 6.45) is 0. The number of para-hydroxylation sites is 1. The first-order valence-corrected chi connectivity index (χ1v) is 5.94. The number of ether oxygens (including phenoxy) is 1. The first-order valence-electron chi connectivity index (χ1n) is 5.94. The van der Waals surface area contributed by atoms with Gasteiger partial charge in [-0.3, -0.25) is 0 Å². The number of benzene rings is 2. The summed E-state index contributed by atoms with van der Waals surface area (Å²) in [5, 5.41) is 9.11. The van der Waals surface area contributed by atoms with E-state index in [1.54, 1.807) is 36.2 Å². The van der Waals surface area contributed by atoms with Crippen molar-refractivity contribution >= 4 is 17.1 Å². The second kappa shape index (κ2) is 5.49. The SMILES string of the molecule is COc1cc(N(C)c2ccccc2C#N)c(F)cc1N. The molecular formula is C15H14FN3O. The van der Waals surface area contributed by atoms with Crippen molar-refractivity contribution in [1.82, 2.24) is 0 Å². The quantitative estimate of drug-likeness (QED) is 0.871. The topological polar surface area (TPSA) is 62.3 Å². The minimum absolute atomic E-state index is 0.232. The number of nitriles is 1. The summed E-state index contributed by atoms with van der Waals surface area (Å²) >= 11 is 0. The third-order valence-electron chi connectivity index (χ3n) is 3.05. The van der Waals surface area contributed by atoms with Crippen LogP contribution in [-0.4, -0.2) is 14.2 Å². The van der Waals surface area contributed by atoms with Crippen molar-refractivity contribution in [1.29, 1.82) is 5.26 Å². The van der Waals surface area contributed by atoms with Gasteiger partial charge in [-0.05, 0) is 12.1 Å². The summed E-state index contributed by atoms with van der Waals surface area (Å²) in [7, 11) is 3.15. The van der Waals surface area contributed by atoms with E-state index in [4.69, 9.17) is 15.7 Å². The van der Waals surface area contributed by atoms with Crippen molar-refractivity contribution in [3.63, 3.8) is 0 Å². The van der Waals surface area contributed by atoms with Crippen molar-refractivity contribution in [3.05, 3.63) is 47.8 Å². The lowest BCUT2D eigenvalue weighted by Crippen LogP contribution is -2.13. The monoisotopic (exact) mass is 271 g/mol. The highest BCUT2D eigenvalue weighted by Crippen LogP contribution is 2.34. The molecule has 0 aliphatic carbocycles. The molecule has 0 aliphatic heterocycles. The predicted molar refractivity (Wildman–Crippen MR) is 76.6 cm³/mol. The molecule has 0 radical (unpaired) electrons. The molecule has 0 aromatic heterocycles. The Labute approximate surface area is 116 Å². The summed E-state index contributed by atoms with van der Waals surface area (Å²) in [5.74, 6) is -0.0822. The van der Waals surface area contributed by atoms with Crippen molar-refractivity contribution in [2.24, 2.45) is 0 Å². The molecule has 102 valence electrons. The zero-order valence-corrected chi connectivity index (χ0v) is 11.2. The minimum atomic E-state index is -0.474. The largest absolute Gasteiger partial charge is 0.495 e. The number of nitrogens with zero attached hydrogens (tertiary/aromatic N) is 2. The number of rotatable bonds is 3. The van der Waals surface area contributed by atoms with Gasteiger partial charge in [-0.2, -0.15) is 5.26 Å². The highest BCUT2D eigenvalue weighted by Gasteiger charge is 2.15. The summed E-state index contributed by atoms with van der Waals surface area (Å²) in [4.78, 5) is 1.59. The van der Waals surface area contributed by atoms with E-state index >= 15 is 0 Å². The predicted octanol–water partition coefficient (Wildman–Crippen LogP) is 3.06. The molecule has 0 atom stereocenters. The van der Waals surface area contributed by atoms with Gasteiger partial charge in [-0.1, -0.05) is 12.1 Å². The third-order valence-corrected chi connectivity index (χ3v) is 3.05. The molecule has 0 saturated heterocycles. The van der Waals surface area contributed by atoms with Gasteiger partial charge in [0.15, 0.2) is 0 Å². The van der Waals surface area contributed by atoms with Crippen molar-refractivity contribution < 1.29 is 9.13 Å². The Bertz CT molecular complexity index is 679. The van der Waals surface area contributed by atoms with Gasteiger partial charge in [0.25, 0.3) is 0 Å². The molecule has 20 heavy (non-hydrogen) atoms.